The van der Waals surface area contributed by atoms with Gasteiger partial charge in [0.05, 0.1) is 17.2 Å². The normalized spacial score (nSPS) is 11.6. The molecule has 0 aliphatic carbocycles. The SMILES string of the molecule is COCCCS(=O)(=O)CCNCc1ccccn1. The van der Waals surface area contributed by atoms with Crippen LogP contribution in [-0.4, -0.2) is 45.2 Å². The number of pyridine rings is 1. The van der Waals surface area contributed by atoms with Crippen molar-refractivity contribution in [2.75, 3.05) is 31.8 Å². The molecule has 5 nitrogen and oxygen atoms in total. The van der Waals surface area contributed by atoms with Crippen LogP contribution in [0.5, 0.6) is 0 Å². The second-order valence-corrected chi connectivity index (χ2v) is 6.30. The molecule has 18 heavy (non-hydrogen) atoms. The standard InChI is InChI=1S/C12H20N2O3S/c1-17-8-4-9-18(15,16)10-7-13-11-12-5-2-3-6-14-12/h2-3,5-6,13H,4,7-11H2,1H3. The summed E-state index contributed by atoms with van der Waals surface area (Å²) in [5, 5.41) is 3.08. The van der Waals surface area contributed by atoms with Crippen molar-refractivity contribution in [3.8, 4) is 0 Å². The van der Waals surface area contributed by atoms with E-state index in [2.05, 4.69) is 10.3 Å². The highest BCUT2D eigenvalue weighted by molar-refractivity contribution is 7.91. The molecular weight excluding hydrogens is 252 g/mol. The van der Waals surface area contributed by atoms with Crippen LogP contribution in [0.2, 0.25) is 0 Å². The molecular formula is C12H20N2O3S. The minimum absolute atomic E-state index is 0.156. The number of methoxy groups -OCH3 is 1. The van der Waals surface area contributed by atoms with Crippen LogP contribution < -0.4 is 5.32 Å². The summed E-state index contributed by atoms with van der Waals surface area (Å²) in [6, 6.07) is 5.66. The minimum atomic E-state index is -2.97. The van der Waals surface area contributed by atoms with Crippen molar-refractivity contribution >= 4 is 9.84 Å². The van der Waals surface area contributed by atoms with Gasteiger partial charge in [-0.25, -0.2) is 8.42 Å². The average Bonchev–Trinajstić information content (AvgIpc) is 2.36. The predicted octanol–water partition coefficient (Wildman–Crippen LogP) is 0.622. The Morgan fingerprint density at radius 2 is 2.17 bits per heavy atom. The molecule has 0 aliphatic heterocycles. The Kier molecular flexibility index (Phi) is 6.85. The summed E-state index contributed by atoms with van der Waals surface area (Å²) in [5.41, 5.74) is 0.911. The maximum atomic E-state index is 11.6. The van der Waals surface area contributed by atoms with E-state index in [1.165, 1.54) is 0 Å². The Bertz CT molecular complexity index is 420. The maximum Gasteiger partial charge on any atom is 0.151 e. The molecule has 0 aliphatic rings. The Morgan fingerprint density at radius 1 is 1.33 bits per heavy atom. The Labute approximate surface area is 108 Å². The number of aromatic nitrogens is 1. The highest BCUT2D eigenvalue weighted by Crippen LogP contribution is 1.95. The lowest BCUT2D eigenvalue weighted by Crippen LogP contribution is -2.24. The zero-order valence-electron chi connectivity index (χ0n) is 10.6. The van der Waals surface area contributed by atoms with Gasteiger partial charge < -0.3 is 10.1 Å². The number of hydrogen-bond donors (Lipinski definition) is 1. The molecule has 1 aromatic rings. The van der Waals surface area contributed by atoms with Crippen LogP contribution in [0.25, 0.3) is 0 Å². The molecule has 0 atom stereocenters. The molecule has 1 heterocycles. The molecule has 1 aromatic heterocycles. The van der Waals surface area contributed by atoms with Gasteiger partial charge in [-0.3, -0.25) is 4.98 Å². The second kappa shape index (κ2) is 8.18. The molecule has 0 radical (unpaired) electrons. The molecule has 0 unspecified atom stereocenters. The van der Waals surface area contributed by atoms with E-state index in [0.717, 1.165) is 5.69 Å². The van der Waals surface area contributed by atoms with E-state index in [0.29, 0.717) is 26.1 Å². The zero-order valence-corrected chi connectivity index (χ0v) is 11.4. The van der Waals surface area contributed by atoms with Gasteiger partial charge in [-0.15, -0.1) is 0 Å². The van der Waals surface area contributed by atoms with Gasteiger partial charge in [0, 0.05) is 33.0 Å². The molecule has 1 N–H and O–H groups in total. The molecule has 102 valence electrons. The van der Waals surface area contributed by atoms with E-state index in [4.69, 9.17) is 4.74 Å². The van der Waals surface area contributed by atoms with Gasteiger partial charge >= 0.3 is 0 Å². The van der Waals surface area contributed by atoms with E-state index < -0.39 is 9.84 Å². The summed E-state index contributed by atoms with van der Waals surface area (Å²) in [5.74, 6) is 0.343. The van der Waals surface area contributed by atoms with Crippen molar-refractivity contribution in [3.05, 3.63) is 30.1 Å². The third kappa shape index (κ3) is 6.68. The van der Waals surface area contributed by atoms with Crippen molar-refractivity contribution < 1.29 is 13.2 Å². The zero-order chi connectivity index (χ0) is 13.3. The number of nitrogens with one attached hydrogen (secondary N) is 1. The predicted molar refractivity (Wildman–Crippen MR) is 71.1 cm³/mol. The van der Waals surface area contributed by atoms with Gasteiger partial charge in [-0.1, -0.05) is 6.07 Å². The smallest absolute Gasteiger partial charge is 0.151 e. The van der Waals surface area contributed by atoms with Crippen LogP contribution in [0, 0.1) is 0 Å². The van der Waals surface area contributed by atoms with E-state index in [9.17, 15) is 8.42 Å². The fourth-order valence-electron chi connectivity index (χ4n) is 1.47. The molecule has 0 spiro atoms. The van der Waals surface area contributed by atoms with Gasteiger partial charge in [-0.2, -0.15) is 0 Å². The monoisotopic (exact) mass is 272 g/mol. The summed E-state index contributed by atoms with van der Waals surface area (Å²) >= 11 is 0. The van der Waals surface area contributed by atoms with Crippen molar-refractivity contribution in [1.29, 1.82) is 0 Å². The topological polar surface area (TPSA) is 68.3 Å². The van der Waals surface area contributed by atoms with E-state index in [-0.39, 0.29) is 11.5 Å². The van der Waals surface area contributed by atoms with E-state index in [1.807, 2.05) is 18.2 Å². The fourth-order valence-corrected chi connectivity index (χ4v) is 2.69. The van der Waals surface area contributed by atoms with Crippen molar-refractivity contribution in [2.45, 2.75) is 13.0 Å². The lowest BCUT2D eigenvalue weighted by Gasteiger charge is -2.05. The van der Waals surface area contributed by atoms with E-state index in [1.54, 1.807) is 13.3 Å². The second-order valence-electron chi connectivity index (χ2n) is 4.00. The number of ether oxygens (including phenoxy) is 1. The Hall–Kier alpha value is -0.980. The number of rotatable bonds is 9. The van der Waals surface area contributed by atoms with Crippen LogP contribution >= 0.6 is 0 Å². The largest absolute Gasteiger partial charge is 0.385 e. The van der Waals surface area contributed by atoms with Gasteiger partial charge in [0.2, 0.25) is 0 Å². The highest BCUT2D eigenvalue weighted by atomic mass is 32.2. The fraction of sp³-hybridized carbons (Fsp3) is 0.583. The first kappa shape index (κ1) is 15.1. The Morgan fingerprint density at radius 3 is 2.83 bits per heavy atom. The van der Waals surface area contributed by atoms with Crippen molar-refractivity contribution in [1.82, 2.24) is 10.3 Å². The van der Waals surface area contributed by atoms with Gasteiger partial charge in [-0.05, 0) is 18.6 Å². The molecule has 1 rings (SSSR count). The lowest BCUT2D eigenvalue weighted by molar-refractivity contribution is 0.199. The number of hydrogen-bond acceptors (Lipinski definition) is 5. The molecule has 0 saturated carbocycles. The molecule has 0 bridgehead atoms. The van der Waals surface area contributed by atoms with Crippen LogP contribution in [-0.2, 0) is 21.1 Å². The van der Waals surface area contributed by atoms with Gasteiger partial charge in [0.25, 0.3) is 0 Å². The van der Waals surface area contributed by atoms with Crippen LogP contribution in [0.3, 0.4) is 0 Å². The summed E-state index contributed by atoms with van der Waals surface area (Å²) in [6.07, 6.45) is 2.28. The Balaban J connectivity index is 2.17. The van der Waals surface area contributed by atoms with Crippen LogP contribution in [0.1, 0.15) is 12.1 Å². The third-order valence-corrected chi connectivity index (χ3v) is 4.16. The summed E-state index contributed by atoms with van der Waals surface area (Å²) in [7, 11) is -1.40. The summed E-state index contributed by atoms with van der Waals surface area (Å²) in [6.45, 7) is 1.53. The van der Waals surface area contributed by atoms with Gasteiger partial charge in [0.15, 0.2) is 9.84 Å². The molecule has 0 amide bonds. The van der Waals surface area contributed by atoms with Crippen molar-refractivity contribution in [2.24, 2.45) is 0 Å². The first-order chi connectivity index (χ1) is 8.64. The lowest BCUT2D eigenvalue weighted by atomic mass is 10.3. The first-order valence-electron chi connectivity index (χ1n) is 5.94. The average molecular weight is 272 g/mol. The molecule has 0 aromatic carbocycles. The van der Waals surface area contributed by atoms with E-state index >= 15 is 0 Å². The summed E-state index contributed by atoms with van der Waals surface area (Å²) < 4.78 is 28.0. The number of sulfone groups is 1. The van der Waals surface area contributed by atoms with Gasteiger partial charge in [0.1, 0.15) is 0 Å². The highest BCUT2D eigenvalue weighted by Gasteiger charge is 2.09. The van der Waals surface area contributed by atoms with Crippen LogP contribution in [0.4, 0.5) is 0 Å². The molecule has 0 fully saturated rings. The maximum absolute atomic E-state index is 11.6. The molecule has 6 heteroatoms. The summed E-state index contributed by atoms with van der Waals surface area (Å²) in [4.78, 5) is 4.14. The molecule has 0 saturated heterocycles. The number of nitrogens with zero attached hydrogens (tertiary/aromatic N) is 1. The van der Waals surface area contributed by atoms with Crippen LogP contribution in [0.15, 0.2) is 24.4 Å². The quantitative estimate of drug-likeness (QED) is 0.668. The van der Waals surface area contributed by atoms with Crippen molar-refractivity contribution in [3.63, 3.8) is 0 Å². The first-order valence-corrected chi connectivity index (χ1v) is 7.76. The minimum Gasteiger partial charge on any atom is -0.385 e. The third-order valence-electron chi connectivity index (χ3n) is 2.43.